The summed E-state index contributed by atoms with van der Waals surface area (Å²) in [7, 11) is 0. The van der Waals surface area contributed by atoms with E-state index in [1.807, 2.05) is 0 Å². The highest BCUT2D eigenvalue weighted by Gasteiger charge is 2.18. The highest BCUT2D eigenvalue weighted by atomic mass is 35.5. The number of benzene rings is 1. The molecule has 0 aromatic heterocycles. The van der Waals surface area contributed by atoms with Crippen molar-refractivity contribution < 1.29 is 14.8 Å². The number of hydrogen-bond donors (Lipinski definition) is 1. The summed E-state index contributed by atoms with van der Waals surface area (Å²) in [5.41, 5.74) is 0.587. The Morgan fingerprint density at radius 1 is 1.56 bits per heavy atom. The van der Waals surface area contributed by atoms with E-state index in [2.05, 4.69) is 0 Å². The number of nitro benzene ring substituents is 1. The zero-order valence-electron chi connectivity index (χ0n) is 10.1. The van der Waals surface area contributed by atoms with Gasteiger partial charge in [0.15, 0.2) is 5.75 Å². The van der Waals surface area contributed by atoms with Crippen molar-refractivity contribution in [1.82, 2.24) is 0 Å². The maximum Gasteiger partial charge on any atom is 0.311 e. The van der Waals surface area contributed by atoms with Crippen molar-refractivity contribution >= 4 is 17.3 Å². The Hall–Kier alpha value is -1.33. The fraction of sp³-hybridized carbons (Fsp3) is 0.500. The molecule has 1 aromatic carbocycles. The van der Waals surface area contributed by atoms with Crippen molar-refractivity contribution in [2.45, 2.75) is 25.1 Å². The molecule has 0 bridgehead atoms. The van der Waals surface area contributed by atoms with Gasteiger partial charge in [-0.05, 0) is 31.4 Å². The first-order chi connectivity index (χ1) is 8.60. The van der Waals surface area contributed by atoms with Crippen LogP contribution in [0.5, 0.6) is 5.75 Å². The first-order valence-electron chi connectivity index (χ1n) is 5.76. The van der Waals surface area contributed by atoms with Gasteiger partial charge >= 0.3 is 5.69 Å². The van der Waals surface area contributed by atoms with Crippen LogP contribution in [0, 0.1) is 10.1 Å². The first kappa shape index (κ1) is 14.7. The number of aliphatic hydroxyl groups excluding tert-OH is 1. The number of alkyl halides is 1. The summed E-state index contributed by atoms with van der Waals surface area (Å²) >= 11 is 6.12. The molecular formula is C12H16ClNO4. The van der Waals surface area contributed by atoms with Crippen LogP contribution in [0.2, 0.25) is 0 Å². The molecule has 18 heavy (non-hydrogen) atoms. The predicted octanol–water partition coefficient (Wildman–Crippen LogP) is 3.05. The van der Waals surface area contributed by atoms with Gasteiger partial charge in [0.25, 0.3) is 0 Å². The molecule has 0 heterocycles. The maximum atomic E-state index is 10.9. The van der Waals surface area contributed by atoms with E-state index in [1.54, 1.807) is 19.1 Å². The average molecular weight is 274 g/mol. The summed E-state index contributed by atoms with van der Waals surface area (Å²) in [4.78, 5) is 10.4. The molecule has 1 N–H and O–H groups in total. The molecule has 0 fully saturated rings. The predicted molar refractivity (Wildman–Crippen MR) is 69.2 cm³/mol. The molecular weight excluding hydrogens is 258 g/mol. The summed E-state index contributed by atoms with van der Waals surface area (Å²) in [5.74, 6) is 0.247. The molecule has 0 aliphatic heterocycles. The molecule has 0 radical (unpaired) electrons. The van der Waals surface area contributed by atoms with Crippen LogP contribution in [-0.4, -0.2) is 23.2 Å². The Labute approximate surface area is 110 Å². The number of rotatable bonds is 7. The number of hydrogen-bond acceptors (Lipinski definition) is 4. The zero-order valence-corrected chi connectivity index (χ0v) is 10.9. The lowest BCUT2D eigenvalue weighted by molar-refractivity contribution is -0.385. The van der Waals surface area contributed by atoms with Gasteiger partial charge in [-0.1, -0.05) is 6.07 Å². The minimum atomic E-state index is -0.482. The van der Waals surface area contributed by atoms with Crippen LogP contribution in [0.1, 0.15) is 30.7 Å². The normalized spacial score (nSPS) is 12.2. The summed E-state index contributed by atoms with van der Waals surface area (Å²) in [6, 6.07) is 4.71. The van der Waals surface area contributed by atoms with E-state index in [9.17, 15) is 10.1 Å². The second-order valence-corrected chi connectivity index (χ2v) is 4.28. The highest BCUT2D eigenvalue weighted by Crippen LogP contribution is 2.33. The molecule has 5 nitrogen and oxygen atoms in total. The Balaban J connectivity index is 2.95. The monoisotopic (exact) mass is 273 g/mol. The highest BCUT2D eigenvalue weighted by molar-refractivity contribution is 6.20. The van der Waals surface area contributed by atoms with Gasteiger partial charge in [-0.3, -0.25) is 10.1 Å². The van der Waals surface area contributed by atoms with Crippen LogP contribution >= 0.6 is 11.6 Å². The standard InChI is InChI=1S/C12H16ClNO4/c1-2-18-12-6-5-9(8-11(12)14(16)17)10(13)4-3-7-15/h5-6,8,10,15H,2-4,7H2,1H3. The summed E-state index contributed by atoms with van der Waals surface area (Å²) in [5, 5.41) is 19.3. The lowest BCUT2D eigenvalue weighted by Gasteiger charge is -2.10. The van der Waals surface area contributed by atoms with Crippen LogP contribution in [0.3, 0.4) is 0 Å². The van der Waals surface area contributed by atoms with Crippen LogP contribution < -0.4 is 4.74 Å². The van der Waals surface area contributed by atoms with Gasteiger partial charge in [0.1, 0.15) is 0 Å². The number of halogens is 1. The van der Waals surface area contributed by atoms with Gasteiger partial charge in [-0.2, -0.15) is 0 Å². The second-order valence-electron chi connectivity index (χ2n) is 3.75. The number of nitrogens with zero attached hydrogens (tertiary/aromatic N) is 1. The lowest BCUT2D eigenvalue weighted by atomic mass is 10.1. The third-order valence-electron chi connectivity index (χ3n) is 2.46. The van der Waals surface area contributed by atoms with E-state index >= 15 is 0 Å². The minimum Gasteiger partial charge on any atom is -0.487 e. The second kappa shape index (κ2) is 7.18. The zero-order chi connectivity index (χ0) is 13.5. The maximum absolute atomic E-state index is 10.9. The molecule has 100 valence electrons. The van der Waals surface area contributed by atoms with Crippen molar-refractivity contribution in [3.63, 3.8) is 0 Å². The average Bonchev–Trinajstić information content (AvgIpc) is 2.36. The smallest absolute Gasteiger partial charge is 0.311 e. The molecule has 0 aliphatic rings. The topological polar surface area (TPSA) is 72.6 Å². The van der Waals surface area contributed by atoms with Crippen molar-refractivity contribution in [3.05, 3.63) is 33.9 Å². The molecule has 1 aromatic rings. The lowest BCUT2D eigenvalue weighted by Crippen LogP contribution is -2.00. The van der Waals surface area contributed by atoms with Crippen LogP contribution in [0.25, 0.3) is 0 Å². The summed E-state index contributed by atoms with van der Waals surface area (Å²) < 4.78 is 5.19. The Kier molecular flexibility index (Phi) is 5.88. The minimum absolute atomic E-state index is 0.0579. The fourth-order valence-electron chi connectivity index (χ4n) is 1.59. The molecule has 0 amide bonds. The molecule has 0 saturated carbocycles. The van der Waals surface area contributed by atoms with Gasteiger partial charge in [-0.25, -0.2) is 0 Å². The van der Waals surface area contributed by atoms with E-state index in [0.717, 1.165) is 0 Å². The van der Waals surface area contributed by atoms with Crippen molar-refractivity contribution in [1.29, 1.82) is 0 Å². The van der Waals surface area contributed by atoms with Crippen LogP contribution in [0.15, 0.2) is 18.2 Å². The van der Waals surface area contributed by atoms with E-state index < -0.39 is 4.92 Å². The summed E-state index contributed by atoms with van der Waals surface area (Å²) in [6.45, 7) is 2.20. The Morgan fingerprint density at radius 2 is 2.28 bits per heavy atom. The van der Waals surface area contributed by atoms with Crippen LogP contribution in [-0.2, 0) is 0 Å². The Morgan fingerprint density at radius 3 is 2.83 bits per heavy atom. The third kappa shape index (κ3) is 3.85. The molecule has 1 atom stereocenters. The van der Waals surface area contributed by atoms with E-state index in [-0.39, 0.29) is 23.4 Å². The van der Waals surface area contributed by atoms with Crippen molar-refractivity contribution in [3.8, 4) is 5.75 Å². The van der Waals surface area contributed by atoms with Gasteiger partial charge in [-0.15, -0.1) is 11.6 Å². The van der Waals surface area contributed by atoms with Crippen molar-refractivity contribution in [2.24, 2.45) is 0 Å². The largest absolute Gasteiger partial charge is 0.487 e. The van der Waals surface area contributed by atoms with E-state index in [1.165, 1.54) is 6.07 Å². The molecule has 0 spiro atoms. The molecule has 1 rings (SSSR count). The van der Waals surface area contributed by atoms with Crippen LogP contribution in [0.4, 0.5) is 5.69 Å². The fourth-order valence-corrected chi connectivity index (χ4v) is 1.88. The van der Waals surface area contributed by atoms with E-state index in [4.69, 9.17) is 21.4 Å². The van der Waals surface area contributed by atoms with Gasteiger partial charge < -0.3 is 9.84 Å². The first-order valence-corrected chi connectivity index (χ1v) is 6.19. The Bertz CT molecular complexity index is 411. The number of nitro groups is 1. The van der Waals surface area contributed by atoms with Gasteiger partial charge in [0, 0.05) is 12.7 Å². The number of ether oxygens (including phenoxy) is 1. The third-order valence-corrected chi connectivity index (χ3v) is 2.93. The van der Waals surface area contributed by atoms with Crippen molar-refractivity contribution in [2.75, 3.05) is 13.2 Å². The van der Waals surface area contributed by atoms with Gasteiger partial charge in [0.05, 0.1) is 16.9 Å². The summed E-state index contributed by atoms with van der Waals surface area (Å²) in [6.07, 6.45) is 1.14. The molecule has 6 heteroatoms. The molecule has 0 saturated heterocycles. The quantitative estimate of drug-likeness (QED) is 0.471. The number of aliphatic hydroxyl groups is 1. The van der Waals surface area contributed by atoms with E-state index in [0.29, 0.717) is 25.0 Å². The SMILES string of the molecule is CCOc1ccc(C(Cl)CCCO)cc1[N+](=O)[O-]. The molecule has 0 aliphatic carbocycles. The molecule has 1 unspecified atom stereocenters. The van der Waals surface area contributed by atoms with Gasteiger partial charge in [0.2, 0.25) is 0 Å².